The number of nitrogens with zero attached hydrogens (tertiary/aromatic N) is 1. The Hall–Kier alpha value is -0.500. The first-order chi connectivity index (χ1) is 23.5. The second-order valence-electron chi connectivity index (χ2n) is 15.7. The van der Waals surface area contributed by atoms with Crippen LogP contribution in [0.2, 0.25) is 0 Å². The molecule has 0 heterocycles. The Balaban J connectivity index is 3.91. The third-order valence-electron chi connectivity index (χ3n) is 9.60. The molecule has 9 heteroatoms. The fourth-order valence-electron chi connectivity index (χ4n) is 6.22. The Labute approximate surface area is 304 Å². The van der Waals surface area contributed by atoms with E-state index in [9.17, 15) is 19.4 Å². The normalized spacial score (nSPS) is 14.5. The van der Waals surface area contributed by atoms with Gasteiger partial charge in [0.1, 0.15) is 13.2 Å². The standard InChI is InChI=1S/C40H83N2O6P/c1-6-8-10-11-12-13-14-15-16-17-18-19-20-21-22-23-24-25-26-27-28-29-30-32-33-39(43)38(41-40(44)34-31-9-7-2)37-48-49(45,46)47-36-35-42(3,4)5/h38-39,43H,6-37H2,1-5H3,(H-,41,44,45,46). The van der Waals surface area contributed by atoms with Crippen LogP contribution in [-0.2, 0) is 18.4 Å². The van der Waals surface area contributed by atoms with E-state index >= 15 is 0 Å². The summed E-state index contributed by atoms with van der Waals surface area (Å²) in [6, 6.07) is -0.789. The summed E-state index contributed by atoms with van der Waals surface area (Å²) >= 11 is 0. The summed E-state index contributed by atoms with van der Waals surface area (Å²) in [5, 5.41) is 13.7. The minimum Gasteiger partial charge on any atom is -0.756 e. The lowest BCUT2D eigenvalue weighted by Gasteiger charge is -2.30. The van der Waals surface area contributed by atoms with Crippen LogP contribution in [0.1, 0.15) is 200 Å². The zero-order valence-electron chi connectivity index (χ0n) is 33.2. The summed E-state index contributed by atoms with van der Waals surface area (Å²) in [6.07, 6.45) is 34.9. The molecule has 3 unspecified atom stereocenters. The number of quaternary nitrogens is 1. The van der Waals surface area contributed by atoms with E-state index in [0.717, 1.165) is 38.5 Å². The van der Waals surface area contributed by atoms with E-state index in [2.05, 4.69) is 19.2 Å². The zero-order valence-corrected chi connectivity index (χ0v) is 34.1. The lowest BCUT2D eigenvalue weighted by molar-refractivity contribution is -0.870. The molecule has 0 spiro atoms. The summed E-state index contributed by atoms with van der Waals surface area (Å²) in [4.78, 5) is 24.8. The first-order valence-electron chi connectivity index (χ1n) is 20.9. The van der Waals surface area contributed by atoms with Crippen LogP contribution in [0.5, 0.6) is 0 Å². The van der Waals surface area contributed by atoms with Gasteiger partial charge >= 0.3 is 0 Å². The Morgan fingerprint density at radius 1 is 0.633 bits per heavy atom. The Bertz CT molecular complexity index is 778. The van der Waals surface area contributed by atoms with Crippen LogP contribution in [-0.4, -0.2) is 68.5 Å². The summed E-state index contributed by atoms with van der Waals surface area (Å²) in [7, 11) is 1.31. The Morgan fingerprint density at radius 3 is 1.39 bits per heavy atom. The fourth-order valence-corrected chi connectivity index (χ4v) is 6.94. The Kier molecular flexibility index (Phi) is 33.0. The maximum absolute atomic E-state index is 12.5. The number of amides is 1. The molecule has 0 fully saturated rings. The van der Waals surface area contributed by atoms with Gasteiger partial charge in [0, 0.05) is 6.42 Å². The Morgan fingerprint density at radius 2 is 1.00 bits per heavy atom. The van der Waals surface area contributed by atoms with Crippen LogP contribution < -0.4 is 10.2 Å². The number of aliphatic hydroxyl groups is 1. The van der Waals surface area contributed by atoms with Gasteiger partial charge in [-0.25, -0.2) is 0 Å². The molecular weight excluding hydrogens is 635 g/mol. The average molecular weight is 719 g/mol. The molecule has 0 aliphatic rings. The molecule has 0 saturated carbocycles. The zero-order chi connectivity index (χ0) is 36.5. The van der Waals surface area contributed by atoms with Gasteiger partial charge in [-0.15, -0.1) is 0 Å². The first-order valence-corrected chi connectivity index (χ1v) is 22.3. The van der Waals surface area contributed by atoms with Crippen molar-refractivity contribution in [1.82, 2.24) is 5.32 Å². The van der Waals surface area contributed by atoms with Gasteiger partial charge in [-0.05, 0) is 12.8 Å². The highest BCUT2D eigenvalue weighted by molar-refractivity contribution is 7.45. The molecule has 0 radical (unpaired) electrons. The number of phosphoric ester groups is 1. The first kappa shape index (κ1) is 48.5. The smallest absolute Gasteiger partial charge is 0.268 e. The topological polar surface area (TPSA) is 108 Å². The molecule has 49 heavy (non-hydrogen) atoms. The molecule has 294 valence electrons. The predicted octanol–water partition coefficient (Wildman–Crippen LogP) is 10.4. The molecule has 0 aromatic carbocycles. The number of carbonyl (C=O) groups excluding carboxylic acids is 1. The van der Waals surface area contributed by atoms with E-state index in [4.69, 9.17) is 9.05 Å². The number of carbonyl (C=O) groups is 1. The average Bonchev–Trinajstić information content (AvgIpc) is 3.04. The molecule has 3 atom stereocenters. The van der Waals surface area contributed by atoms with Gasteiger partial charge in [0.2, 0.25) is 5.91 Å². The quantitative estimate of drug-likeness (QED) is 0.0374. The van der Waals surface area contributed by atoms with Crippen molar-refractivity contribution in [3.05, 3.63) is 0 Å². The molecule has 0 aliphatic heterocycles. The fraction of sp³-hybridized carbons (Fsp3) is 0.975. The van der Waals surface area contributed by atoms with Gasteiger partial charge in [-0.1, -0.05) is 181 Å². The van der Waals surface area contributed by atoms with Gasteiger partial charge in [0.25, 0.3) is 7.82 Å². The molecule has 0 bridgehead atoms. The number of rotatable bonds is 38. The van der Waals surface area contributed by atoms with Crippen molar-refractivity contribution in [3.63, 3.8) is 0 Å². The van der Waals surface area contributed by atoms with Crippen LogP contribution in [0.25, 0.3) is 0 Å². The molecule has 1 amide bonds. The number of likely N-dealkylation sites (N-methyl/N-ethyl adjacent to an activating group) is 1. The predicted molar refractivity (Wildman–Crippen MR) is 206 cm³/mol. The van der Waals surface area contributed by atoms with E-state index in [0.29, 0.717) is 23.9 Å². The van der Waals surface area contributed by atoms with Crippen LogP contribution in [0, 0.1) is 0 Å². The number of unbranched alkanes of at least 4 members (excludes halogenated alkanes) is 25. The molecule has 0 aliphatic carbocycles. The highest BCUT2D eigenvalue weighted by Crippen LogP contribution is 2.38. The molecule has 8 nitrogen and oxygen atoms in total. The molecule has 0 rings (SSSR count). The van der Waals surface area contributed by atoms with Crippen molar-refractivity contribution in [2.75, 3.05) is 40.9 Å². The molecule has 0 aromatic rings. The maximum Gasteiger partial charge on any atom is 0.268 e. The minimum absolute atomic E-state index is 0.0143. The van der Waals surface area contributed by atoms with Gasteiger partial charge < -0.3 is 28.8 Å². The van der Waals surface area contributed by atoms with Crippen LogP contribution >= 0.6 is 7.82 Å². The van der Waals surface area contributed by atoms with E-state index in [1.807, 2.05) is 21.1 Å². The highest BCUT2D eigenvalue weighted by Gasteiger charge is 2.24. The van der Waals surface area contributed by atoms with Crippen molar-refractivity contribution in [2.45, 2.75) is 212 Å². The lowest BCUT2D eigenvalue weighted by atomic mass is 10.0. The van der Waals surface area contributed by atoms with Gasteiger partial charge in [0.15, 0.2) is 0 Å². The second kappa shape index (κ2) is 33.3. The van der Waals surface area contributed by atoms with E-state index < -0.39 is 20.0 Å². The molecular formula is C40H83N2O6P. The number of nitrogens with one attached hydrogen (secondary N) is 1. The van der Waals surface area contributed by atoms with Crippen LogP contribution in [0.4, 0.5) is 0 Å². The summed E-state index contributed by atoms with van der Waals surface area (Å²) in [6.45, 7) is 4.56. The van der Waals surface area contributed by atoms with Crippen molar-refractivity contribution in [1.29, 1.82) is 0 Å². The van der Waals surface area contributed by atoms with Crippen molar-refractivity contribution in [3.8, 4) is 0 Å². The van der Waals surface area contributed by atoms with E-state index in [-0.39, 0.29) is 19.1 Å². The van der Waals surface area contributed by atoms with Gasteiger partial charge in [0.05, 0.1) is 39.9 Å². The van der Waals surface area contributed by atoms with Gasteiger partial charge in [-0.3, -0.25) is 9.36 Å². The summed E-state index contributed by atoms with van der Waals surface area (Å²) < 4.78 is 23.0. The number of phosphoric acid groups is 1. The molecule has 2 N–H and O–H groups in total. The monoisotopic (exact) mass is 719 g/mol. The van der Waals surface area contributed by atoms with E-state index in [1.165, 1.54) is 135 Å². The maximum atomic E-state index is 12.5. The van der Waals surface area contributed by atoms with Crippen LogP contribution in [0.3, 0.4) is 0 Å². The minimum atomic E-state index is -4.54. The van der Waals surface area contributed by atoms with Crippen molar-refractivity contribution >= 4 is 13.7 Å². The van der Waals surface area contributed by atoms with Crippen molar-refractivity contribution < 1.29 is 32.9 Å². The van der Waals surface area contributed by atoms with Crippen LogP contribution in [0.15, 0.2) is 0 Å². The third-order valence-corrected chi connectivity index (χ3v) is 10.6. The van der Waals surface area contributed by atoms with E-state index in [1.54, 1.807) is 0 Å². The SMILES string of the molecule is CCCCCCCCCCCCCCCCCCCCCCCCCCC(O)C(COP(=O)([O-])OCC[N+](C)(C)C)NC(=O)CCCCC. The summed E-state index contributed by atoms with van der Waals surface area (Å²) in [5.41, 5.74) is 0. The largest absolute Gasteiger partial charge is 0.756 e. The second-order valence-corrected chi connectivity index (χ2v) is 17.1. The number of aliphatic hydroxyl groups excluding tert-OH is 1. The molecule has 0 aromatic heterocycles. The number of hydrogen-bond donors (Lipinski definition) is 2. The van der Waals surface area contributed by atoms with Gasteiger partial charge in [-0.2, -0.15) is 0 Å². The lowest BCUT2D eigenvalue weighted by Crippen LogP contribution is -2.46. The third kappa shape index (κ3) is 35.7. The summed E-state index contributed by atoms with van der Waals surface area (Å²) in [5.74, 6) is -0.188. The molecule has 0 saturated heterocycles. The highest BCUT2D eigenvalue weighted by atomic mass is 31.2. The number of hydrogen-bond acceptors (Lipinski definition) is 6. The van der Waals surface area contributed by atoms with Crippen molar-refractivity contribution in [2.24, 2.45) is 0 Å².